The highest BCUT2D eigenvalue weighted by Crippen LogP contribution is 2.30. The Morgan fingerprint density at radius 1 is 1.06 bits per heavy atom. The van der Waals surface area contributed by atoms with Gasteiger partial charge in [-0.2, -0.15) is 13.2 Å². The molecule has 0 bridgehead atoms. The number of alkyl halides is 3. The Morgan fingerprint density at radius 3 is 2.28 bits per heavy atom. The van der Waals surface area contributed by atoms with E-state index < -0.39 is 28.7 Å². The average molecular weight is 474 g/mol. The van der Waals surface area contributed by atoms with E-state index in [1.165, 1.54) is 45.5 Å². The van der Waals surface area contributed by atoms with E-state index >= 15 is 0 Å². The van der Waals surface area contributed by atoms with Gasteiger partial charge in [0.15, 0.2) is 0 Å². The molecule has 1 amide bonds. The maximum Gasteiger partial charge on any atom is 0.401 e. The van der Waals surface area contributed by atoms with Crippen LogP contribution < -0.4 is 14.4 Å². The quantitative estimate of drug-likeness (QED) is 0.537. The SMILES string of the molecule is COc1ccccc1N(C)S(=O)(=O)c1ccc(C(=O)NCCCN(C)CC(F)(F)F)cc1. The predicted octanol–water partition coefficient (Wildman–Crippen LogP) is 3.13. The number of para-hydroxylation sites is 2. The molecule has 176 valence electrons. The largest absolute Gasteiger partial charge is 0.495 e. The summed E-state index contributed by atoms with van der Waals surface area (Å²) in [7, 11) is 0.321. The number of benzene rings is 2. The number of ether oxygens (including phenoxy) is 1. The summed E-state index contributed by atoms with van der Waals surface area (Å²) in [5, 5.41) is 2.62. The number of methoxy groups -OCH3 is 1. The van der Waals surface area contributed by atoms with Gasteiger partial charge in [-0.05, 0) is 56.4 Å². The summed E-state index contributed by atoms with van der Waals surface area (Å²) < 4.78 is 69.1. The van der Waals surface area contributed by atoms with E-state index in [0.29, 0.717) is 17.9 Å². The third kappa shape index (κ3) is 6.86. The van der Waals surface area contributed by atoms with Crippen LogP contribution in [0.2, 0.25) is 0 Å². The lowest BCUT2D eigenvalue weighted by atomic mass is 10.2. The van der Waals surface area contributed by atoms with Gasteiger partial charge in [0, 0.05) is 19.2 Å². The van der Waals surface area contributed by atoms with Crippen molar-refractivity contribution in [3.63, 3.8) is 0 Å². The van der Waals surface area contributed by atoms with E-state index in [1.54, 1.807) is 24.3 Å². The Morgan fingerprint density at radius 2 is 1.69 bits per heavy atom. The number of carbonyl (C=O) groups excluding carboxylic acids is 1. The standard InChI is InChI=1S/C21H26F3N3O4S/c1-26(15-21(22,23)24)14-6-13-25-20(28)16-9-11-17(12-10-16)32(29,30)27(2)18-7-4-5-8-19(18)31-3/h4-5,7-12H,6,13-15H2,1-3H3,(H,25,28). The number of nitrogens with one attached hydrogen (secondary N) is 1. The maximum absolute atomic E-state index is 12.9. The van der Waals surface area contributed by atoms with Crippen molar-refractivity contribution in [2.24, 2.45) is 0 Å². The topological polar surface area (TPSA) is 78.9 Å². The lowest BCUT2D eigenvalue weighted by Gasteiger charge is -2.21. The van der Waals surface area contributed by atoms with Gasteiger partial charge < -0.3 is 10.1 Å². The Kier molecular flexibility index (Phi) is 8.51. The van der Waals surface area contributed by atoms with Crippen molar-refractivity contribution in [2.75, 3.05) is 45.1 Å². The van der Waals surface area contributed by atoms with Crippen molar-refractivity contribution < 1.29 is 31.1 Å². The van der Waals surface area contributed by atoms with Crippen LogP contribution in [0, 0.1) is 0 Å². The smallest absolute Gasteiger partial charge is 0.401 e. The summed E-state index contributed by atoms with van der Waals surface area (Å²) >= 11 is 0. The Bertz CT molecular complexity index is 1010. The number of nitrogens with zero attached hydrogens (tertiary/aromatic N) is 2. The minimum absolute atomic E-state index is 0.00349. The van der Waals surface area contributed by atoms with Crippen LogP contribution >= 0.6 is 0 Å². The van der Waals surface area contributed by atoms with E-state index in [4.69, 9.17) is 4.74 Å². The molecule has 0 aromatic heterocycles. The number of rotatable bonds is 10. The second-order valence-corrected chi connectivity index (χ2v) is 9.10. The highest BCUT2D eigenvalue weighted by Gasteiger charge is 2.28. The fourth-order valence-corrected chi connectivity index (χ4v) is 4.20. The number of hydrogen-bond acceptors (Lipinski definition) is 5. The molecule has 0 fully saturated rings. The molecule has 2 rings (SSSR count). The molecular weight excluding hydrogens is 447 g/mol. The van der Waals surface area contributed by atoms with Crippen LogP contribution in [0.25, 0.3) is 0 Å². The normalized spacial score (nSPS) is 12.0. The monoisotopic (exact) mass is 473 g/mol. The summed E-state index contributed by atoms with van der Waals surface area (Å²) in [6, 6.07) is 12.1. The van der Waals surface area contributed by atoms with Crippen LogP contribution in [0.15, 0.2) is 53.4 Å². The molecule has 11 heteroatoms. The molecule has 0 radical (unpaired) electrons. The number of sulfonamides is 1. The second-order valence-electron chi connectivity index (χ2n) is 7.13. The highest BCUT2D eigenvalue weighted by atomic mass is 32.2. The summed E-state index contributed by atoms with van der Waals surface area (Å²) in [6.07, 6.45) is -3.92. The number of halogens is 3. The minimum Gasteiger partial charge on any atom is -0.495 e. The molecular formula is C21H26F3N3O4S. The first kappa shape index (κ1) is 25.5. The van der Waals surface area contributed by atoms with Crippen molar-refractivity contribution in [3.05, 3.63) is 54.1 Å². The third-order valence-corrected chi connectivity index (χ3v) is 6.44. The molecule has 0 unspecified atom stereocenters. The predicted molar refractivity (Wildman–Crippen MR) is 116 cm³/mol. The van der Waals surface area contributed by atoms with Gasteiger partial charge in [-0.15, -0.1) is 0 Å². The van der Waals surface area contributed by atoms with E-state index in [2.05, 4.69) is 5.32 Å². The molecule has 0 atom stereocenters. The number of amides is 1. The Balaban J connectivity index is 1.97. The lowest BCUT2D eigenvalue weighted by Crippen LogP contribution is -2.33. The zero-order valence-electron chi connectivity index (χ0n) is 18.0. The third-order valence-electron chi connectivity index (χ3n) is 4.65. The molecule has 0 aliphatic carbocycles. The highest BCUT2D eigenvalue weighted by molar-refractivity contribution is 7.92. The van der Waals surface area contributed by atoms with Crippen molar-refractivity contribution in [2.45, 2.75) is 17.5 Å². The molecule has 0 saturated carbocycles. The van der Waals surface area contributed by atoms with Crippen molar-refractivity contribution >= 4 is 21.6 Å². The molecule has 0 aliphatic rings. The average Bonchev–Trinajstić information content (AvgIpc) is 2.74. The Hall–Kier alpha value is -2.79. The summed E-state index contributed by atoms with van der Waals surface area (Å²) in [5.41, 5.74) is 0.611. The van der Waals surface area contributed by atoms with Crippen LogP contribution in [-0.4, -0.2) is 66.2 Å². The Labute approximate surface area is 185 Å². The van der Waals surface area contributed by atoms with Crippen LogP contribution in [-0.2, 0) is 10.0 Å². The van der Waals surface area contributed by atoms with E-state index in [1.807, 2.05) is 0 Å². The van der Waals surface area contributed by atoms with Crippen LogP contribution in [0.1, 0.15) is 16.8 Å². The fourth-order valence-electron chi connectivity index (χ4n) is 2.99. The first-order chi connectivity index (χ1) is 15.0. The number of hydrogen-bond donors (Lipinski definition) is 1. The van der Waals surface area contributed by atoms with Gasteiger partial charge in [0.1, 0.15) is 5.75 Å². The first-order valence-corrected chi connectivity index (χ1v) is 11.1. The van der Waals surface area contributed by atoms with Gasteiger partial charge in [0.05, 0.1) is 24.2 Å². The molecule has 32 heavy (non-hydrogen) atoms. The van der Waals surface area contributed by atoms with Crippen LogP contribution in [0.3, 0.4) is 0 Å². The summed E-state index contributed by atoms with van der Waals surface area (Å²) in [4.78, 5) is 13.4. The van der Waals surface area contributed by atoms with Gasteiger partial charge in [0.2, 0.25) is 0 Å². The molecule has 2 aromatic carbocycles. The number of carbonyl (C=O) groups is 1. The van der Waals surface area contributed by atoms with Gasteiger partial charge in [-0.1, -0.05) is 12.1 Å². The van der Waals surface area contributed by atoms with Crippen molar-refractivity contribution in [3.8, 4) is 5.75 Å². The van der Waals surface area contributed by atoms with Gasteiger partial charge in [-0.3, -0.25) is 14.0 Å². The van der Waals surface area contributed by atoms with Gasteiger partial charge >= 0.3 is 6.18 Å². The fraction of sp³-hybridized carbons (Fsp3) is 0.381. The molecule has 0 aliphatic heterocycles. The van der Waals surface area contributed by atoms with Crippen LogP contribution in [0.5, 0.6) is 5.75 Å². The van der Waals surface area contributed by atoms with Crippen molar-refractivity contribution in [1.82, 2.24) is 10.2 Å². The molecule has 0 saturated heterocycles. The van der Waals surface area contributed by atoms with Crippen molar-refractivity contribution in [1.29, 1.82) is 0 Å². The van der Waals surface area contributed by atoms with Gasteiger partial charge in [0.25, 0.3) is 15.9 Å². The second kappa shape index (κ2) is 10.7. The molecule has 0 heterocycles. The summed E-state index contributed by atoms with van der Waals surface area (Å²) in [6.45, 7) is -0.649. The number of anilines is 1. The maximum atomic E-state index is 12.9. The van der Waals surface area contributed by atoms with E-state index in [-0.39, 0.29) is 23.5 Å². The minimum atomic E-state index is -4.26. The summed E-state index contributed by atoms with van der Waals surface area (Å²) in [5.74, 6) is -0.0408. The van der Waals surface area contributed by atoms with E-state index in [0.717, 1.165) is 9.21 Å². The molecule has 1 N–H and O–H groups in total. The van der Waals surface area contributed by atoms with Gasteiger partial charge in [-0.25, -0.2) is 8.42 Å². The first-order valence-electron chi connectivity index (χ1n) is 9.71. The molecule has 7 nitrogen and oxygen atoms in total. The zero-order valence-corrected chi connectivity index (χ0v) is 18.8. The van der Waals surface area contributed by atoms with E-state index in [9.17, 15) is 26.4 Å². The molecule has 0 spiro atoms. The lowest BCUT2D eigenvalue weighted by molar-refractivity contribution is -0.143. The zero-order chi connectivity index (χ0) is 23.9. The van der Waals surface area contributed by atoms with Crippen LogP contribution in [0.4, 0.5) is 18.9 Å². The molecule has 2 aromatic rings.